The number of hydrogen-bond donors (Lipinski definition) is 0. The fourth-order valence-corrected chi connectivity index (χ4v) is 0.278. The number of nitrogens with zero attached hydrogens (tertiary/aromatic N) is 1. The largest absolute Gasteiger partial charge is 0.300 e. The van der Waals surface area contributed by atoms with E-state index in [9.17, 15) is 4.79 Å². The number of allylic oxidation sites excluding steroid dienone is 2. The number of carbonyl (C=O) groups is 1. The average molecular weight is 109 g/mol. The molecule has 0 aromatic rings. The fourth-order valence-electron chi connectivity index (χ4n) is 0.278. The van der Waals surface area contributed by atoms with Gasteiger partial charge in [-0.2, -0.15) is 5.26 Å². The third kappa shape index (κ3) is 4.90. The van der Waals surface area contributed by atoms with E-state index in [2.05, 4.69) is 0 Å². The van der Waals surface area contributed by atoms with E-state index < -0.39 is 0 Å². The summed E-state index contributed by atoms with van der Waals surface area (Å²) in [6.45, 7) is 1.49. The molecule has 0 bridgehead atoms. The molecule has 0 N–H and O–H groups in total. The first-order valence-corrected chi connectivity index (χ1v) is 2.31. The van der Waals surface area contributed by atoms with E-state index in [1.54, 1.807) is 12.1 Å². The number of rotatable bonds is 2. The van der Waals surface area contributed by atoms with Crippen molar-refractivity contribution >= 4 is 5.78 Å². The van der Waals surface area contributed by atoms with Crippen molar-refractivity contribution < 1.29 is 4.79 Å². The molecule has 0 saturated heterocycles. The first-order chi connectivity index (χ1) is 3.77. The monoisotopic (exact) mass is 109 g/mol. The minimum Gasteiger partial charge on any atom is -0.300 e. The molecule has 0 rings (SSSR count). The molecule has 0 aromatic heterocycles. The zero-order valence-electron chi connectivity index (χ0n) is 4.72. The van der Waals surface area contributed by atoms with Gasteiger partial charge in [-0.25, -0.2) is 0 Å². The Bertz CT molecular complexity index is 141. The van der Waals surface area contributed by atoms with E-state index in [0.717, 1.165) is 0 Å². The SMILES string of the molecule is CC(=O)CC=CC#N. The smallest absolute Gasteiger partial charge is 0.133 e. The molecule has 0 amide bonds. The molecule has 0 saturated carbocycles. The molecule has 0 fully saturated rings. The van der Waals surface area contributed by atoms with Crippen molar-refractivity contribution in [2.45, 2.75) is 13.3 Å². The summed E-state index contributed by atoms with van der Waals surface area (Å²) in [4.78, 5) is 10.2. The van der Waals surface area contributed by atoms with Gasteiger partial charge in [-0.05, 0) is 6.92 Å². The van der Waals surface area contributed by atoms with Gasteiger partial charge in [-0.1, -0.05) is 6.08 Å². The molecule has 42 valence electrons. The van der Waals surface area contributed by atoms with Crippen LogP contribution in [0.25, 0.3) is 0 Å². The molecule has 0 radical (unpaired) electrons. The topological polar surface area (TPSA) is 40.9 Å². The number of hydrogen-bond acceptors (Lipinski definition) is 2. The number of ketones is 1. The van der Waals surface area contributed by atoms with Gasteiger partial charge in [-0.3, -0.25) is 4.79 Å². The molecule has 0 spiro atoms. The maximum absolute atomic E-state index is 10.2. The molecule has 0 aromatic carbocycles. The molecule has 0 atom stereocenters. The van der Waals surface area contributed by atoms with Crippen molar-refractivity contribution in [1.29, 1.82) is 5.26 Å². The summed E-state index contributed by atoms with van der Waals surface area (Å²) in [6.07, 6.45) is 3.22. The van der Waals surface area contributed by atoms with Crippen LogP contribution < -0.4 is 0 Å². The van der Waals surface area contributed by atoms with Crippen molar-refractivity contribution in [2.75, 3.05) is 0 Å². The number of carbonyl (C=O) groups excluding carboxylic acids is 1. The van der Waals surface area contributed by atoms with Crippen LogP contribution in [0.4, 0.5) is 0 Å². The molecule has 0 aliphatic carbocycles. The Hall–Kier alpha value is -1.10. The zero-order valence-corrected chi connectivity index (χ0v) is 4.72. The molecule has 0 aliphatic rings. The molecule has 2 nitrogen and oxygen atoms in total. The molecular weight excluding hydrogens is 102 g/mol. The second-order valence-electron chi connectivity index (χ2n) is 1.44. The molecule has 8 heavy (non-hydrogen) atoms. The lowest BCUT2D eigenvalue weighted by molar-refractivity contribution is -0.116. The Kier molecular flexibility index (Phi) is 3.51. The summed E-state index contributed by atoms with van der Waals surface area (Å²) in [5.74, 6) is 0.0801. The summed E-state index contributed by atoms with van der Waals surface area (Å²) in [7, 11) is 0. The van der Waals surface area contributed by atoms with Gasteiger partial charge in [0.2, 0.25) is 0 Å². The quantitative estimate of drug-likeness (QED) is 0.497. The van der Waals surface area contributed by atoms with Crippen LogP contribution in [-0.2, 0) is 4.79 Å². The van der Waals surface area contributed by atoms with Gasteiger partial charge in [0.25, 0.3) is 0 Å². The van der Waals surface area contributed by atoms with Crippen molar-refractivity contribution in [1.82, 2.24) is 0 Å². The summed E-state index contributed by atoms with van der Waals surface area (Å²) in [6, 6.07) is 1.79. The van der Waals surface area contributed by atoms with Gasteiger partial charge in [0.05, 0.1) is 6.07 Å². The molecular formula is C6H7NO. The van der Waals surface area contributed by atoms with E-state index in [0.29, 0.717) is 6.42 Å². The molecule has 2 heteroatoms. The van der Waals surface area contributed by atoms with Crippen molar-refractivity contribution in [3.05, 3.63) is 12.2 Å². The lowest BCUT2D eigenvalue weighted by atomic mass is 10.3. The van der Waals surface area contributed by atoms with Crippen LogP contribution in [0.3, 0.4) is 0 Å². The van der Waals surface area contributed by atoms with Gasteiger partial charge < -0.3 is 0 Å². The van der Waals surface area contributed by atoms with E-state index in [1.807, 2.05) is 0 Å². The summed E-state index contributed by atoms with van der Waals surface area (Å²) >= 11 is 0. The maximum atomic E-state index is 10.2. The maximum Gasteiger partial charge on any atom is 0.133 e. The third-order valence-corrected chi connectivity index (χ3v) is 0.598. The van der Waals surface area contributed by atoms with Gasteiger partial charge in [0.15, 0.2) is 0 Å². The molecule has 0 heterocycles. The molecule has 0 unspecified atom stereocenters. The van der Waals surface area contributed by atoms with Crippen LogP contribution in [0.15, 0.2) is 12.2 Å². The normalized spacial score (nSPS) is 9.00. The highest BCUT2D eigenvalue weighted by Crippen LogP contribution is 1.81. The fraction of sp³-hybridized carbons (Fsp3) is 0.333. The van der Waals surface area contributed by atoms with Gasteiger partial charge in [0.1, 0.15) is 5.78 Å². The highest BCUT2D eigenvalue weighted by Gasteiger charge is 1.82. The Morgan fingerprint density at radius 2 is 2.50 bits per heavy atom. The summed E-state index contributed by atoms with van der Waals surface area (Å²) in [5.41, 5.74) is 0. The average Bonchev–Trinajstić information content (AvgIpc) is 1.66. The van der Waals surface area contributed by atoms with Crippen molar-refractivity contribution in [3.8, 4) is 6.07 Å². The van der Waals surface area contributed by atoms with Gasteiger partial charge in [0, 0.05) is 12.5 Å². The third-order valence-electron chi connectivity index (χ3n) is 0.598. The Balaban J connectivity index is 3.34. The lowest BCUT2D eigenvalue weighted by Gasteiger charge is -1.77. The van der Waals surface area contributed by atoms with Crippen molar-refractivity contribution in [3.63, 3.8) is 0 Å². The Labute approximate surface area is 48.4 Å². The van der Waals surface area contributed by atoms with Crippen LogP contribution >= 0.6 is 0 Å². The van der Waals surface area contributed by atoms with Gasteiger partial charge in [-0.15, -0.1) is 0 Å². The first kappa shape index (κ1) is 6.90. The number of nitriles is 1. The molecule has 0 aliphatic heterocycles. The Morgan fingerprint density at radius 3 is 2.88 bits per heavy atom. The number of Topliss-reactive ketones (excluding diaryl/α,β-unsaturated/α-hetero) is 1. The van der Waals surface area contributed by atoms with E-state index >= 15 is 0 Å². The summed E-state index contributed by atoms with van der Waals surface area (Å²) in [5, 5.41) is 7.93. The highest BCUT2D eigenvalue weighted by molar-refractivity contribution is 5.77. The predicted octanol–water partition coefficient (Wildman–Crippen LogP) is 1.05. The first-order valence-electron chi connectivity index (χ1n) is 2.31. The minimum atomic E-state index is 0.0801. The Morgan fingerprint density at radius 1 is 1.88 bits per heavy atom. The van der Waals surface area contributed by atoms with Crippen LogP contribution in [-0.4, -0.2) is 5.78 Å². The lowest BCUT2D eigenvalue weighted by Crippen LogP contribution is -1.82. The minimum absolute atomic E-state index is 0.0801. The van der Waals surface area contributed by atoms with E-state index in [4.69, 9.17) is 5.26 Å². The van der Waals surface area contributed by atoms with Gasteiger partial charge >= 0.3 is 0 Å². The predicted molar refractivity (Wildman–Crippen MR) is 30.1 cm³/mol. The second kappa shape index (κ2) is 4.07. The van der Waals surface area contributed by atoms with E-state index in [1.165, 1.54) is 13.0 Å². The summed E-state index contributed by atoms with van der Waals surface area (Å²) < 4.78 is 0. The highest BCUT2D eigenvalue weighted by atomic mass is 16.1. The van der Waals surface area contributed by atoms with E-state index in [-0.39, 0.29) is 5.78 Å². The zero-order chi connectivity index (χ0) is 6.41. The second-order valence-corrected chi connectivity index (χ2v) is 1.44. The van der Waals surface area contributed by atoms with Crippen LogP contribution in [0.5, 0.6) is 0 Å². The van der Waals surface area contributed by atoms with Crippen LogP contribution in [0, 0.1) is 11.3 Å². The van der Waals surface area contributed by atoms with Crippen LogP contribution in [0.2, 0.25) is 0 Å². The van der Waals surface area contributed by atoms with Crippen LogP contribution in [0.1, 0.15) is 13.3 Å². The standard InChI is InChI=1S/C6H7NO/c1-6(8)4-2-3-5-7/h2-3H,4H2,1H3. The van der Waals surface area contributed by atoms with Crippen molar-refractivity contribution in [2.24, 2.45) is 0 Å².